The molecule has 2 heteroatoms. The highest BCUT2D eigenvalue weighted by molar-refractivity contribution is 5.85. The molecule has 1 aromatic rings. The lowest BCUT2D eigenvalue weighted by Gasteiger charge is -2.05. The maximum absolute atomic E-state index is 9.28. The third-order valence-corrected chi connectivity index (χ3v) is 1.56. The summed E-state index contributed by atoms with van der Waals surface area (Å²) >= 11 is 0. The Hall–Kier alpha value is -0.690. The molecule has 0 fully saturated rings. The van der Waals surface area contributed by atoms with E-state index in [4.69, 9.17) is 0 Å². The molecule has 0 aliphatic carbocycles. The molecule has 62 valence electrons. The lowest BCUT2D eigenvalue weighted by molar-refractivity contribution is 0.465. The molecule has 0 aliphatic heterocycles. The second-order valence-electron chi connectivity index (χ2n) is 2.71. The van der Waals surface area contributed by atoms with Crippen molar-refractivity contribution in [3.05, 3.63) is 29.8 Å². The average molecular weight is 173 g/mol. The molecule has 0 heterocycles. The Kier molecular flexibility index (Phi) is 3.98. The normalized spacial score (nSPS) is 9.36. The molecule has 0 spiro atoms. The lowest BCUT2D eigenvalue weighted by Crippen LogP contribution is -1.85. The van der Waals surface area contributed by atoms with E-state index >= 15 is 0 Å². The predicted molar refractivity (Wildman–Crippen MR) is 49.4 cm³/mol. The van der Waals surface area contributed by atoms with Gasteiger partial charge in [0.05, 0.1) is 0 Å². The summed E-state index contributed by atoms with van der Waals surface area (Å²) in [6.45, 7) is 4.13. The number of phenolic OH excluding ortho intramolecular Hbond substituents is 1. The number of hydrogen-bond acceptors (Lipinski definition) is 1. The summed E-state index contributed by atoms with van der Waals surface area (Å²) in [6.07, 6.45) is 0. The van der Waals surface area contributed by atoms with Crippen LogP contribution < -0.4 is 0 Å². The molecule has 0 saturated heterocycles. The van der Waals surface area contributed by atoms with Gasteiger partial charge in [-0.2, -0.15) is 0 Å². The van der Waals surface area contributed by atoms with Crippen LogP contribution in [0.25, 0.3) is 0 Å². The molecule has 1 rings (SSSR count). The van der Waals surface area contributed by atoms with Crippen LogP contribution in [0.15, 0.2) is 24.3 Å². The molecule has 0 aliphatic rings. The molecule has 1 nitrogen and oxygen atoms in total. The summed E-state index contributed by atoms with van der Waals surface area (Å²) < 4.78 is 0. The zero-order valence-corrected chi connectivity index (χ0v) is 7.56. The van der Waals surface area contributed by atoms with Gasteiger partial charge in [-0.3, -0.25) is 0 Å². The fourth-order valence-corrected chi connectivity index (χ4v) is 0.976. The Balaban J connectivity index is 0.000001000. The van der Waals surface area contributed by atoms with E-state index in [1.165, 1.54) is 0 Å². The lowest BCUT2D eigenvalue weighted by atomic mass is 10.0. The number of halogens is 1. The number of aromatic hydroxyl groups is 1. The summed E-state index contributed by atoms with van der Waals surface area (Å²) in [7, 11) is 0. The molecule has 0 atom stereocenters. The summed E-state index contributed by atoms with van der Waals surface area (Å²) in [6, 6.07) is 7.44. The molecule has 0 saturated carbocycles. The first-order chi connectivity index (χ1) is 4.72. The quantitative estimate of drug-likeness (QED) is 0.691. The summed E-state index contributed by atoms with van der Waals surface area (Å²) in [5, 5.41) is 9.28. The number of benzene rings is 1. The molecule has 0 bridgehead atoms. The molecule has 1 N–H and O–H groups in total. The molecule has 0 aromatic heterocycles. The zero-order chi connectivity index (χ0) is 7.56. The first-order valence-corrected chi connectivity index (χ1v) is 3.49. The molecule has 0 radical (unpaired) electrons. The van der Waals surface area contributed by atoms with Crippen molar-refractivity contribution in [2.75, 3.05) is 0 Å². The van der Waals surface area contributed by atoms with Gasteiger partial charge in [-0.25, -0.2) is 0 Å². The second-order valence-corrected chi connectivity index (χ2v) is 2.71. The first kappa shape index (κ1) is 10.3. The monoisotopic (exact) mass is 172 g/mol. The van der Waals surface area contributed by atoms with Crippen molar-refractivity contribution < 1.29 is 5.11 Å². The summed E-state index contributed by atoms with van der Waals surface area (Å²) in [5.74, 6) is 0.804. The van der Waals surface area contributed by atoms with Gasteiger partial charge in [0.15, 0.2) is 0 Å². The molecule has 0 unspecified atom stereocenters. The highest BCUT2D eigenvalue weighted by atomic mass is 35.5. The van der Waals surface area contributed by atoms with Crippen molar-refractivity contribution in [3.63, 3.8) is 0 Å². The second kappa shape index (κ2) is 4.24. The van der Waals surface area contributed by atoms with E-state index in [1.807, 2.05) is 18.2 Å². The van der Waals surface area contributed by atoms with Gasteiger partial charge in [0.25, 0.3) is 0 Å². The first-order valence-electron chi connectivity index (χ1n) is 3.49. The van der Waals surface area contributed by atoms with Crippen LogP contribution in [0.5, 0.6) is 5.75 Å². The van der Waals surface area contributed by atoms with Gasteiger partial charge in [0.2, 0.25) is 0 Å². The third-order valence-electron chi connectivity index (χ3n) is 1.56. The highest BCUT2D eigenvalue weighted by Gasteiger charge is 2.01. The fraction of sp³-hybridized carbons (Fsp3) is 0.333. The predicted octanol–water partition coefficient (Wildman–Crippen LogP) is 2.94. The van der Waals surface area contributed by atoms with Crippen molar-refractivity contribution in [1.29, 1.82) is 0 Å². The van der Waals surface area contributed by atoms with E-state index in [0.29, 0.717) is 11.7 Å². The minimum atomic E-state index is 0. The van der Waals surface area contributed by atoms with E-state index in [9.17, 15) is 5.11 Å². The van der Waals surface area contributed by atoms with Crippen LogP contribution >= 0.6 is 12.4 Å². The van der Waals surface area contributed by atoms with Crippen molar-refractivity contribution in [1.82, 2.24) is 0 Å². The zero-order valence-electron chi connectivity index (χ0n) is 6.74. The van der Waals surface area contributed by atoms with Crippen LogP contribution in [0.4, 0.5) is 0 Å². The summed E-state index contributed by atoms with van der Waals surface area (Å²) in [4.78, 5) is 0. The van der Waals surface area contributed by atoms with E-state index in [-0.39, 0.29) is 12.4 Å². The number of para-hydroxylation sites is 1. The minimum absolute atomic E-state index is 0. The third kappa shape index (κ3) is 2.43. The van der Waals surface area contributed by atoms with Crippen molar-refractivity contribution in [2.24, 2.45) is 0 Å². The molecule has 11 heavy (non-hydrogen) atoms. The standard InChI is InChI=1S/C9H12O.ClH/c1-7(2)8-5-3-4-6-9(8)10;/h3-7,10H,1-2H3;1H. The Bertz CT molecular complexity index is 221. The topological polar surface area (TPSA) is 20.2 Å². The Labute approximate surface area is 73.5 Å². The van der Waals surface area contributed by atoms with Crippen LogP contribution in [-0.2, 0) is 0 Å². The van der Waals surface area contributed by atoms with Crippen molar-refractivity contribution in [2.45, 2.75) is 19.8 Å². The van der Waals surface area contributed by atoms with Gasteiger partial charge in [-0.15, -0.1) is 12.4 Å². The van der Waals surface area contributed by atoms with Crippen molar-refractivity contribution >= 4 is 12.4 Å². The summed E-state index contributed by atoms with van der Waals surface area (Å²) in [5.41, 5.74) is 1.02. The Morgan fingerprint density at radius 1 is 1.18 bits per heavy atom. The van der Waals surface area contributed by atoms with E-state index in [0.717, 1.165) is 5.56 Å². The average Bonchev–Trinajstić information content (AvgIpc) is 1.88. The molecule has 1 aromatic carbocycles. The SMILES string of the molecule is CC(C)c1ccccc1O.Cl. The van der Waals surface area contributed by atoms with E-state index in [1.54, 1.807) is 6.07 Å². The number of rotatable bonds is 1. The maximum atomic E-state index is 9.28. The smallest absolute Gasteiger partial charge is 0.119 e. The van der Waals surface area contributed by atoms with Crippen LogP contribution in [0.3, 0.4) is 0 Å². The largest absolute Gasteiger partial charge is 0.508 e. The van der Waals surface area contributed by atoms with Crippen LogP contribution in [0, 0.1) is 0 Å². The molecular formula is C9H13ClO. The van der Waals surface area contributed by atoms with Gasteiger partial charge in [0, 0.05) is 0 Å². The van der Waals surface area contributed by atoms with Gasteiger partial charge >= 0.3 is 0 Å². The Morgan fingerprint density at radius 2 is 1.73 bits per heavy atom. The van der Waals surface area contributed by atoms with Crippen LogP contribution in [0.1, 0.15) is 25.3 Å². The van der Waals surface area contributed by atoms with E-state index < -0.39 is 0 Å². The highest BCUT2D eigenvalue weighted by Crippen LogP contribution is 2.23. The van der Waals surface area contributed by atoms with Gasteiger partial charge < -0.3 is 5.11 Å². The number of phenols is 1. The minimum Gasteiger partial charge on any atom is -0.508 e. The van der Waals surface area contributed by atoms with Crippen LogP contribution in [0.2, 0.25) is 0 Å². The van der Waals surface area contributed by atoms with Gasteiger partial charge in [-0.05, 0) is 17.5 Å². The maximum Gasteiger partial charge on any atom is 0.119 e. The van der Waals surface area contributed by atoms with Gasteiger partial charge in [0.1, 0.15) is 5.75 Å². The van der Waals surface area contributed by atoms with Gasteiger partial charge in [-0.1, -0.05) is 32.0 Å². The number of hydrogen-bond donors (Lipinski definition) is 1. The Morgan fingerprint density at radius 3 is 2.09 bits per heavy atom. The fourth-order valence-electron chi connectivity index (χ4n) is 0.976. The van der Waals surface area contributed by atoms with Crippen LogP contribution in [-0.4, -0.2) is 5.11 Å². The van der Waals surface area contributed by atoms with E-state index in [2.05, 4.69) is 13.8 Å². The van der Waals surface area contributed by atoms with Crippen molar-refractivity contribution in [3.8, 4) is 5.75 Å². The molecule has 0 amide bonds. The molecular weight excluding hydrogens is 160 g/mol.